The van der Waals surface area contributed by atoms with Gasteiger partial charge in [0.05, 0.1) is 10.0 Å². The summed E-state index contributed by atoms with van der Waals surface area (Å²) in [6, 6.07) is 13.0. The number of carbonyl (C=O) groups is 2. The van der Waals surface area contributed by atoms with Crippen molar-refractivity contribution in [1.82, 2.24) is 9.88 Å². The lowest BCUT2D eigenvalue weighted by atomic mass is 10.2. The molecule has 0 spiro atoms. The van der Waals surface area contributed by atoms with Crippen molar-refractivity contribution in [3.05, 3.63) is 58.7 Å². The third-order valence-electron chi connectivity index (χ3n) is 5.53. The summed E-state index contributed by atoms with van der Waals surface area (Å²) in [6.45, 7) is 3.28. The maximum Gasteiger partial charge on any atom is 0.417 e. The van der Waals surface area contributed by atoms with Crippen LogP contribution in [0.4, 0.5) is 5.69 Å². The van der Waals surface area contributed by atoms with Crippen LogP contribution in [0, 0.1) is 0 Å². The topological polar surface area (TPSA) is 95.1 Å². The van der Waals surface area contributed by atoms with E-state index in [9.17, 15) is 9.59 Å². The first-order valence-electron chi connectivity index (χ1n) is 10.5. The second kappa shape index (κ2) is 10.3. The molecule has 2 N–H and O–H groups in total. The first kappa shape index (κ1) is 23.2. The third-order valence-corrected chi connectivity index (χ3v) is 6.27. The highest BCUT2D eigenvalue weighted by molar-refractivity contribution is 6.42. The minimum absolute atomic E-state index is 0.0380. The predicted octanol–water partition coefficient (Wildman–Crippen LogP) is 3.67. The lowest BCUT2D eigenvalue weighted by Crippen LogP contribution is -2.50. The van der Waals surface area contributed by atoms with Crippen LogP contribution in [0.25, 0.3) is 10.9 Å². The number of anilines is 1. The SMILES string of the molecule is O=C(O)C(=O)O[C@H](COc1cccc2[nH]ccc12)CN1CCN(c2ccc(Cl)c(Cl)c2)CC1. The molecule has 2 aromatic carbocycles. The fraction of sp³-hybridized carbons (Fsp3) is 0.304. The summed E-state index contributed by atoms with van der Waals surface area (Å²) in [5, 5.41) is 10.9. The van der Waals surface area contributed by atoms with Gasteiger partial charge in [0.1, 0.15) is 18.5 Å². The van der Waals surface area contributed by atoms with Crippen molar-refractivity contribution in [3.8, 4) is 5.75 Å². The molecule has 2 heterocycles. The molecule has 1 aliphatic heterocycles. The Morgan fingerprint density at radius 2 is 1.85 bits per heavy atom. The minimum Gasteiger partial charge on any atom is -0.489 e. The number of H-pyrrole nitrogens is 1. The Labute approximate surface area is 200 Å². The number of aliphatic carboxylic acids is 1. The second-order valence-electron chi connectivity index (χ2n) is 7.72. The number of carboxylic acid groups (broad SMARTS) is 1. The molecule has 1 fully saturated rings. The van der Waals surface area contributed by atoms with Crippen molar-refractivity contribution < 1.29 is 24.2 Å². The highest BCUT2D eigenvalue weighted by Gasteiger charge is 2.26. The molecule has 174 valence electrons. The molecule has 1 aromatic heterocycles. The number of carboxylic acids is 1. The van der Waals surface area contributed by atoms with E-state index < -0.39 is 18.0 Å². The maximum atomic E-state index is 11.7. The van der Waals surface area contributed by atoms with Gasteiger partial charge >= 0.3 is 11.9 Å². The van der Waals surface area contributed by atoms with E-state index in [1.807, 2.05) is 42.6 Å². The van der Waals surface area contributed by atoms with Gasteiger partial charge in [0.2, 0.25) is 0 Å². The predicted molar refractivity (Wildman–Crippen MR) is 126 cm³/mol. The molecular formula is C23H23Cl2N3O5. The minimum atomic E-state index is -1.63. The number of benzene rings is 2. The van der Waals surface area contributed by atoms with Gasteiger partial charge in [0.15, 0.2) is 0 Å². The smallest absolute Gasteiger partial charge is 0.417 e. The summed E-state index contributed by atoms with van der Waals surface area (Å²) in [4.78, 5) is 30.2. The van der Waals surface area contributed by atoms with Crippen LogP contribution in [0.3, 0.4) is 0 Å². The van der Waals surface area contributed by atoms with Gasteiger partial charge < -0.3 is 24.5 Å². The van der Waals surface area contributed by atoms with Crippen molar-refractivity contribution in [3.63, 3.8) is 0 Å². The fourth-order valence-electron chi connectivity index (χ4n) is 3.85. The normalized spacial score (nSPS) is 15.4. The van der Waals surface area contributed by atoms with E-state index in [-0.39, 0.29) is 6.61 Å². The molecule has 1 aliphatic rings. The van der Waals surface area contributed by atoms with Gasteiger partial charge in [-0.25, -0.2) is 9.59 Å². The first-order valence-corrected chi connectivity index (χ1v) is 11.2. The number of hydrogen-bond acceptors (Lipinski definition) is 6. The molecule has 0 unspecified atom stereocenters. The molecule has 1 atom stereocenters. The summed E-state index contributed by atoms with van der Waals surface area (Å²) in [6.07, 6.45) is 1.08. The van der Waals surface area contributed by atoms with Crippen LogP contribution in [0.5, 0.6) is 5.75 Å². The van der Waals surface area contributed by atoms with Crippen molar-refractivity contribution in [2.45, 2.75) is 6.10 Å². The van der Waals surface area contributed by atoms with Crippen molar-refractivity contribution >= 4 is 51.7 Å². The molecule has 0 radical (unpaired) electrons. The average molecular weight is 492 g/mol. The Morgan fingerprint density at radius 3 is 2.58 bits per heavy atom. The van der Waals surface area contributed by atoms with Crippen molar-refractivity contribution in [2.75, 3.05) is 44.2 Å². The molecule has 3 aromatic rings. The molecule has 0 amide bonds. The van der Waals surface area contributed by atoms with Crippen LogP contribution in [-0.4, -0.2) is 72.4 Å². The summed E-state index contributed by atoms with van der Waals surface area (Å²) in [7, 11) is 0. The Balaban J connectivity index is 1.38. The molecular weight excluding hydrogens is 469 g/mol. The van der Waals surface area contributed by atoms with Gasteiger partial charge in [-0.3, -0.25) is 4.90 Å². The number of ether oxygens (including phenoxy) is 2. The van der Waals surface area contributed by atoms with Crippen LogP contribution in [0.1, 0.15) is 0 Å². The zero-order valence-electron chi connectivity index (χ0n) is 17.7. The molecule has 0 saturated carbocycles. The molecule has 4 rings (SSSR count). The quantitative estimate of drug-likeness (QED) is 0.384. The van der Waals surface area contributed by atoms with Gasteiger partial charge in [-0.05, 0) is 36.4 Å². The number of fused-ring (bicyclic) bond motifs is 1. The summed E-state index contributed by atoms with van der Waals surface area (Å²) in [5.74, 6) is -2.29. The summed E-state index contributed by atoms with van der Waals surface area (Å²) >= 11 is 12.1. The third kappa shape index (κ3) is 5.71. The molecule has 0 bridgehead atoms. The molecule has 1 saturated heterocycles. The summed E-state index contributed by atoms with van der Waals surface area (Å²) in [5.41, 5.74) is 1.91. The number of aromatic amines is 1. The Bertz CT molecular complexity index is 1140. The molecule has 10 heteroatoms. The van der Waals surface area contributed by atoms with E-state index in [0.29, 0.717) is 35.4 Å². The number of rotatable bonds is 7. The zero-order chi connectivity index (χ0) is 23.4. The van der Waals surface area contributed by atoms with Gasteiger partial charge in [0, 0.05) is 55.5 Å². The van der Waals surface area contributed by atoms with Crippen LogP contribution < -0.4 is 9.64 Å². The highest BCUT2D eigenvalue weighted by atomic mass is 35.5. The maximum absolute atomic E-state index is 11.7. The largest absolute Gasteiger partial charge is 0.489 e. The molecule has 0 aliphatic carbocycles. The summed E-state index contributed by atoms with van der Waals surface area (Å²) < 4.78 is 11.1. The monoisotopic (exact) mass is 491 g/mol. The van der Waals surface area contributed by atoms with Crippen LogP contribution >= 0.6 is 23.2 Å². The van der Waals surface area contributed by atoms with Crippen molar-refractivity contribution in [1.29, 1.82) is 0 Å². The Hall–Kier alpha value is -2.94. The van der Waals surface area contributed by atoms with Gasteiger partial charge in [-0.15, -0.1) is 0 Å². The van der Waals surface area contributed by atoms with Gasteiger partial charge in [0.25, 0.3) is 0 Å². The molecule has 33 heavy (non-hydrogen) atoms. The Morgan fingerprint density at radius 1 is 1.06 bits per heavy atom. The second-order valence-corrected chi connectivity index (χ2v) is 8.54. The van der Waals surface area contributed by atoms with E-state index in [2.05, 4.69) is 14.8 Å². The van der Waals surface area contributed by atoms with E-state index in [0.717, 1.165) is 29.7 Å². The van der Waals surface area contributed by atoms with E-state index in [1.165, 1.54) is 0 Å². The number of halogens is 2. The lowest BCUT2D eigenvalue weighted by Gasteiger charge is -2.37. The van der Waals surface area contributed by atoms with Crippen molar-refractivity contribution in [2.24, 2.45) is 0 Å². The van der Waals surface area contributed by atoms with E-state index in [1.54, 1.807) is 6.07 Å². The lowest BCUT2D eigenvalue weighted by molar-refractivity contribution is -0.169. The average Bonchev–Trinajstić information content (AvgIpc) is 3.29. The standard InChI is InChI=1S/C23H23Cl2N3O5/c24-18-5-4-15(12-19(18)25)28-10-8-27(9-11-28)13-16(33-23(31)22(29)30)14-32-21-3-1-2-20-17(21)6-7-26-20/h1-7,12,16,26H,8-11,13-14H2,(H,29,30)/t16-/m0/s1. The number of nitrogens with zero attached hydrogens (tertiary/aromatic N) is 2. The highest BCUT2D eigenvalue weighted by Crippen LogP contribution is 2.28. The molecule has 8 nitrogen and oxygen atoms in total. The number of hydrogen-bond donors (Lipinski definition) is 2. The first-order chi connectivity index (χ1) is 15.9. The number of nitrogens with one attached hydrogen (secondary N) is 1. The fourth-order valence-corrected chi connectivity index (χ4v) is 4.14. The number of aromatic nitrogens is 1. The van der Waals surface area contributed by atoms with Gasteiger partial charge in [-0.1, -0.05) is 29.3 Å². The van der Waals surface area contributed by atoms with Crippen LogP contribution in [-0.2, 0) is 14.3 Å². The number of piperazine rings is 1. The van der Waals surface area contributed by atoms with E-state index >= 15 is 0 Å². The van der Waals surface area contributed by atoms with Crippen LogP contribution in [0.2, 0.25) is 10.0 Å². The zero-order valence-corrected chi connectivity index (χ0v) is 19.2. The van der Waals surface area contributed by atoms with E-state index in [4.69, 9.17) is 37.8 Å². The number of carbonyl (C=O) groups excluding carboxylic acids is 1. The number of esters is 1. The van der Waals surface area contributed by atoms with Crippen LogP contribution in [0.15, 0.2) is 48.7 Å². The Kier molecular flexibility index (Phi) is 7.27. The van der Waals surface area contributed by atoms with Gasteiger partial charge in [-0.2, -0.15) is 0 Å².